The minimum atomic E-state index is -0.434. The number of anilines is 2. The molecule has 0 spiro atoms. The van der Waals surface area contributed by atoms with E-state index in [1.54, 1.807) is 24.3 Å². The van der Waals surface area contributed by atoms with Crippen molar-refractivity contribution in [2.24, 2.45) is 0 Å². The van der Waals surface area contributed by atoms with Gasteiger partial charge in [0.25, 0.3) is 5.91 Å². The van der Waals surface area contributed by atoms with E-state index in [4.69, 9.17) is 5.73 Å². The van der Waals surface area contributed by atoms with Crippen LogP contribution in [-0.2, 0) is 0 Å². The predicted octanol–water partition coefficient (Wildman–Crippen LogP) is 2.97. The van der Waals surface area contributed by atoms with Crippen LogP contribution in [0.15, 0.2) is 42.5 Å². The van der Waals surface area contributed by atoms with Crippen LogP contribution in [0.4, 0.5) is 15.8 Å². The Bertz CT molecular complexity index is 596. The highest BCUT2D eigenvalue weighted by Gasteiger charge is 2.08. The van der Waals surface area contributed by atoms with Crippen LogP contribution in [0.3, 0.4) is 0 Å². The number of hydrogen-bond acceptors (Lipinski definition) is 2. The van der Waals surface area contributed by atoms with E-state index in [1.807, 2.05) is 6.92 Å². The van der Waals surface area contributed by atoms with E-state index in [2.05, 4.69) is 5.32 Å². The number of carbonyl (C=O) groups excluding carboxylic acids is 1. The van der Waals surface area contributed by atoms with Gasteiger partial charge in [-0.1, -0.05) is 6.07 Å². The largest absolute Gasteiger partial charge is 0.399 e. The molecule has 18 heavy (non-hydrogen) atoms. The topological polar surface area (TPSA) is 55.1 Å². The van der Waals surface area contributed by atoms with Crippen molar-refractivity contribution in [1.29, 1.82) is 0 Å². The fourth-order valence-corrected chi connectivity index (χ4v) is 1.65. The van der Waals surface area contributed by atoms with Gasteiger partial charge < -0.3 is 11.1 Å². The molecule has 0 radical (unpaired) electrons. The number of nitrogens with one attached hydrogen (secondary N) is 1. The lowest BCUT2D eigenvalue weighted by molar-refractivity contribution is 0.102. The van der Waals surface area contributed by atoms with Gasteiger partial charge in [-0.2, -0.15) is 0 Å². The number of rotatable bonds is 2. The lowest BCUT2D eigenvalue weighted by Crippen LogP contribution is -2.13. The van der Waals surface area contributed by atoms with Gasteiger partial charge in [0, 0.05) is 16.9 Å². The molecule has 0 aromatic heterocycles. The van der Waals surface area contributed by atoms with Crippen molar-refractivity contribution in [1.82, 2.24) is 0 Å². The summed E-state index contributed by atoms with van der Waals surface area (Å²) in [6, 6.07) is 10.7. The number of nitrogen functional groups attached to an aromatic ring is 1. The highest BCUT2D eigenvalue weighted by atomic mass is 19.1. The van der Waals surface area contributed by atoms with Crippen LogP contribution in [0.5, 0.6) is 0 Å². The Morgan fingerprint density at radius 2 is 2.00 bits per heavy atom. The molecule has 0 aliphatic rings. The summed E-state index contributed by atoms with van der Waals surface area (Å²) in [4.78, 5) is 11.9. The van der Waals surface area contributed by atoms with Gasteiger partial charge >= 0.3 is 0 Å². The highest BCUT2D eigenvalue weighted by Crippen LogP contribution is 2.18. The Morgan fingerprint density at radius 1 is 1.22 bits per heavy atom. The molecule has 0 unspecified atom stereocenters. The van der Waals surface area contributed by atoms with Gasteiger partial charge in [0.05, 0.1) is 0 Å². The molecule has 3 N–H and O–H groups in total. The number of nitrogens with two attached hydrogens (primary N) is 1. The van der Waals surface area contributed by atoms with Crippen molar-refractivity contribution < 1.29 is 9.18 Å². The first-order valence-corrected chi connectivity index (χ1v) is 5.49. The first-order chi connectivity index (χ1) is 8.56. The molecule has 2 rings (SSSR count). The predicted molar refractivity (Wildman–Crippen MR) is 69.9 cm³/mol. The standard InChI is InChI=1S/C14H13FN2O/c1-9-7-12(16)5-6-13(9)17-14(18)10-3-2-4-11(15)8-10/h2-8H,16H2,1H3,(H,17,18). The van der Waals surface area contributed by atoms with Gasteiger partial charge in [0.15, 0.2) is 0 Å². The minimum Gasteiger partial charge on any atom is -0.399 e. The average Bonchev–Trinajstić information content (AvgIpc) is 2.32. The summed E-state index contributed by atoms with van der Waals surface area (Å²) in [5.74, 6) is -0.779. The van der Waals surface area contributed by atoms with E-state index in [0.717, 1.165) is 5.56 Å². The zero-order valence-corrected chi connectivity index (χ0v) is 9.91. The van der Waals surface area contributed by atoms with E-state index >= 15 is 0 Å². The second-order valence-corrected chi connectivity index (χ2v) is 4.04. The van der Waals surface area contributed by atoms with Gasteiger partial charge in [0.1, 0.15) is 5.82 Å². The molecule has 3 nitrogen and oxygen atoms in total. The van der Waals surface area contributed by atoms with Crippen LogP contribution in [0.1, 0.15) is 15.9 Å². The number of halogens is 1. The van der Waals surface area contributed by atoms with Crippen LogP contribution in [-0.4, -0.2) is 5.91 Å². The van der Waals surface area contributed by atoms with Crippen LogP contribution in [0, 0.1) is 12.7 Å². The van der Waals surface area contributed by atoms with Crippen LogP contribution >= 0.6 is 0 Å². The van der Waals surface area contributed by atoms with Crippen molar-refractivity contribution >= 4 is 17.3 Å². The van der Waals surface area contributed by atoms with Crippen molar-refractivity contribution in [2.45, 2.75) is 6.92 Å². The average molecular weight is 244 g/mol. The maximum atomic E-state index is 13.0. The molecule has 0 saturated heterocycles. The van der Waals surface area contributed by atoms with Gasteiger partial charge in [-0.15, -0.1) is 0 Å². The van der Waals surface area contributed by atoms with Gasteiger partial charge in [-0.25, -0.2) is 4.39 Å². The summed E-state index contributed by atoms with van der Waals surface area (Å²) in [5.41, 5.74) is 8.07. The molecule has 0 saturated carbocycles. The molecular weight excluding hydrogens is 231 g/mol. The van der Waals surface area contributed by atoms with Crippen LogP contribution in [0.25, 0.3) is 0 Å². The van der Waals surface area contributed by atoms with Gasteiger partial charge in [0.2, 0.25) is 0 Å². The zero-order chi connectivity index (χ0) is 13.1. The molecular formula is C14H13FN2O. The molecule has 0 bridgehead atoms. The number of benzene rings is 2. The third-order valence-electron chi connectivity index (χ3n) is 2.59. The number of amides is 1. The smallest absolute Gasteiger partial charge is 0.255 e. The summed E-state index contributed by atoms with van der Waals surface area (Å²) in [6.07, 6.45) is 0. The highest BCUT2D eigenvalue weighted by molar-refractivity contribution is 6.04. The third-order valence-corrected chi connectivity index (χ3v) is 2.59. The van der Waals surface area contributed by atoms with Crippen molar-refractivity contribution in [3.8, 4) is 0 Å². The number of aryl methyl sites for hydroxylation is 1. The summed E-state index contributed by atoms with van der Waals surface area (Å²) in [7, 11) is 0. The number of hydrogen-bond donors (Lipinski definition) is 2. The molecule has 2 aromatic rings. The second-order valence-electron chi connectivity index (χ2n) is 4.04. The molecule has 0 aliphatic carbocycles. The van der Waals surface area contributed by atoms with Crippen LogP contribution in [0.2, 0.25) is 0 Å². The van der Waals surface area contributed by atoms with Crippen molar-refractivity contribution in [3.63, 3.8) is 0 Å². The molecule has 2 aromatic carbocycles. The van der Waals surface area contributed by atoms with E-state index in [-0.39, 0.29) is 11.5 Å². The first-order valence-electron chi connectivity index (χ1n) is 5.49. The molecule has 0 fully saturated rings. The summed E-state index contributed by atoms with van der Waals surface area (Å²) in [5, 5.41) is 2.72. The van der Waals surface area contributed by atoms with Crippen molar-refractivity contribution in [2.75, 3.05) is 11.1 Å². The molecule has 1 amide bonds. The monoisotopic (exact) mass is 244 g/mol. The SMILES string of the molecule is Cc1cc(N)ccc1NC(=O)c1cccc(F)c1. The van der Waals surface area contributed by atoms with Crippen molar-refractivity contribution in [3.05, 3.63) is 59.4 Å². The molecule has 4 heteroatoms. The molecule has 92 valence electrons. The van der Waals surface area contributed by atoms with E-state index in [0.29, 0.717) is 11.4 Å². The first kappa shape index (κ1) is 12.1. The maximum Gasteiger partial charge on any atom is 0.255 e. The fraction of sp³-hybridized carbons (Fsp3) is 0.0714. The van der Waals surface area contributed by atoms with E-state index < -0.39 is 5.82 Å². The summed E-state index contributed by atoms with van der Waals surface area (Å²) < 4.78 is 13.0. The fourth-order valence-electron chi connectivity index (χ4n) is 1.65. The Labute approximate surface area is 104 Å². The Morgan fingerprint density at radius 3 is 2.67 bits per heavy atom. The molecule has 0 heterocycles. The summed E-state index contributed by atoms with van der Waals surface area (Å²) >= 11 is 0. The van der Waals surface area contributed by atoms with Gasteiger partial charge in [-0.05, 0) is 48.9 Å². The Kier molecular flexibility index (Phi) is 3.28. The minimum absolute atomic E-state index is 0.284. The maximum absolute atomic E-state index is 13.0. The Hall–Kier alpha value is -2.36. The zero-order valence-electron chi connectivity index (χ0n) is 9.91. The Balaban J connectivity index is 2.21. The summed E-state index contributed by atoms with van der Waals surface area (Å²) in [6.45, 7) is 1.84. The normalized spacial score (nSPS) is 10.1. The van der Waals surface area contributed by atoms with E-state index in [1.165, 1.54) is 18.2 Å². The quantitative estimate of drug-likeness (QED) is 0.798. The second kappa shape index (κ2) is 4.87. The lowest BCUT2D eigenvalue weighted by Gasteiger charge is -2.09. The molecule has 0 atom stereocenters. The molecule has 0 aliphatic heterocycles. The third kappa shape index (κ3) is 2.66. The number of carbonyl (C=O) groups is 1. The van der Waals surface area contributed by atoms with Crippen LogP contribution < -0.4 is 11.1 Å². The lowest BCUT2D eigenvalue weighted by atomic mass is 10.1. The van der Waals surface area contributed by atoms with E-state index in [9.17, 15) is 9.18 Å². The van der Waals surface area contributed by atoms with Gasteiger partial charge in [-0.3, -0.25) is 4.79 Å².